The molecule has 2 rings (SSSR count). The Balaban J connectivity index is 0.00000364. The fourth-order valence-corrected chi connectivity index (χ4v) is 2.95. The molecule has 6 heteroatoms. The van der Waals surface area contributed by atoms with Gasteiger partial charge in [0, 0.05) is 25.3 Å². The van der Waals surface area contributed by atoms with E-state index < -0.39 is 0 Å². The lowest BCUT2D eigenvalue weighted by Crippen LogP contribution is -2.40. The van der Waals surface area contributed by atoms with Crippen LogP contribution in [0, 0.1) is 11.8 Å². The third-order valence-corrected chi connectivity index (χ3v) is 4.69. The smallest absolute Gasteiger partial charge is 0.191 e. The molecule has 0 radical (unpaired) electrons. The van der Waals surface area contributed by atoms with Gasteiger partial charge in [-0.25, -0.2) is 4.99 Å². The van der Waals surface area contributed by atoms with Crippen LogP contribution < -0.4 is 15.4 Å². The van der Waals surface area contributed by atoms with Crippen molar-refractivity contribution in [3.05, 3.63) is 29.8 Å². The molecule has 0 amide bonds. The predicted molar refractivity (Wildman–Crippen MR) is 123 cm³/mol. The fourth-order valence-electron chi connectivity index (χ4n) is 2.95. The first kappa shape index (κ1) is 24.0. The maximum Gasteiger partial charge on any atom is 0.191 e. The van der Waals surface area contributed by atoms with Gasteiger partial charge in [0.2, 0.25) is 0 Å². The molecule has 1 aromatic rings. The highest BCUT2D eigenvalue weighted by Crippen LogP contribution is 2.30. The van der Waals surface area contributed by atoms with Gasteiger partial charge in [-0.2, -0.15) is 0 Å². The second-order valence-electron chi connectivity index (χ2n) is 7.11. The minimum Gasteiger partial charge on any atom is -0.493 e. The van der Waals surface area contributed by atoms with Gasteiger partial charge < -0.3 is 20.5 Å². The predicted octanol–water partition coefficient (Wildman–Crippen LogP) is 3.95. The van der Waals surface area contributed by atoms with Crippen molar-refractivity contribution in [2.75, 3.05) is 26.3 Å². The van der Waals surface area contributed by atoms with Crippen LogP contribution in [-0.2, 0) is 6.54 Å². The van der Waals surface area contributed by atoms with E-state index in [9.17, 15) is 5.11 Å². The molecule has 0 bridgehead atoms. The molecular formula is C21H36IN3O2. The number of aliphatic hydroxyl groups is 1. The minimum absolute atomic E-state index is 0. The quantitative estimate of drug-likeness (QED) is 0.236. The number of halogens is 1. The van der Waals surface area contributed by atoms with E-state index in [0.717, 1.165) is 62.1 Å². The van der Waals surface area contributed by atoms with Crippen molar-refractivity contribution < 1.29 is 9.84 Å². The first-order chi connectivity index (χ1) is 12.8. The van der Waals surface area contributed by atoms with Gasteiger partial charge in [0.25, 0.3) is 0 Å². The van der Waals surface area contributed by atoms with Gasteiger partial charge in [-0.15, -0.1) is 24.0 Å². The number of aliphatic imine (C=N–C) groups is 1. The Morgan fingerprint density at radius 1 is 1.22 bits per heavy atom. The van der Waals surface area contributed by atoms with Crippen LogP contribution in [0.25, 0.3) is 0 Å². The van der Waals surface area contributed by atoms with Crippen molar-refractivity contribution in [3.8, 4) is 5.75 Å². The summed E-state index contributed by atoms with van der Waals surface area (Å²) in [5.41, 5.74) is 1.12. The Morgan fingerprint density at radius 2 is 2.00 bits per heavy atom. The maximum atomic E-state index is 9.22. The van der Waals surface area contributed by atoms with Crippen LogP contribution in [0.15, 0.2) is 29.3 Å². The number of ether oxygens (including phenoxy) is 1. The summed E-state index contributed by atoms with van der Waals surface area (Å²) in [6.07, 6.45) is 5.66. The van der Waals surface area contributed by atoms with Crippen molar-refractivity contribution in [2.45, 2.75) is 52.5 Å². The summed E-state index contributed by atoms with van der Waals surface area (Å²) in [7, 11) is 0. The zero-order valence-electron chi connectivity index (χ0n) is 16.7. The van der Waals surface area contributed by atoms with Crippen LogP contribution in [-0.4, -0.2) is 37.4 Å². The number of aliphatic hydroxyl groups excluding tert-OH is 1. The summed E-state index contributed by atoms with van der Waals surface area (Å²) in [4.78, 5) is 4.73. The fraction of sp³-hybridized carbons (Fsp3) is 0.667. The van der Waals surface area contributed by atoms with E-state index in [4.69, 9.17) is 9.73 Å². The molecule has 1 atom stereocenters. The molecule has 154 valence electrons. The second kappa shape index (κ2) is 14.0. The highest BCUT2D eigenvalue weighted by Gasteiger charge is 2.22. The third-order valence-electron chi connectivity index (χ3n) is 4.69. The number of guanidine groups is 1. The molecular weight excluding hydrogens is 453 g/mol. The zero-order chi connectivity index (χ0) is 18.6. The maximum absolute atomic E-state index is 9.22. The number of nitrogens with zero attached hydrogens (tertiary/aromatic N) is 1. The van der Waals surface area contributed by atoms with Gasteiger partial charge in [0.05, 0.1) is 13.2 Å². The normalized spacial score (nSPS) is 15.0. The Hall–Kier alpha value is -1.02. The first-order valence-electron chi connectivity index (χ1n) is 10.1. The van der Waals surface area contributed by atoms with Crippen LogP contribution in [0.4, 0.5) is 0 Å². The lowest BCUT2D eigenvalue weighted by molar-refractivity contribution is 0.251. The van der Waals surface area contributed by atoms with E-state index in [1.165, 1.54) is 12.8 Å². The average Bonchev–Trinajstić information content (AvgIpc) is 3.47. The third kappa shape index (κ3) is 9.65. The number of benzene rings is 1. The van der Waals surface area contributed by atoms with Crippen molar-refractivity contribution >= 4 is 29.9 Å². The van der Waals surface area contributed by atoms with Gasteiger partial charge >= 0.3 is 0 Å². The molecule has 27 heavy (non-hydrogen) atoms. The molecule has 1 unspecified atom stereocenters. The van der Waals surface area contributed by atoms with E-state index in [2.05, 4.69) is 30.5 Å². The van der Waals surface area contributed by atoms with Gasteiger partial charge in [-0.05, 0) is 50.5 Å². The average molecular weight is 489 g/mol. The molecule has 1 aromatic carbocycles. The number of rotatable bonds is 12. The highest BCUT2D eigenvalue weighted by molar-refractivity contribution is 14.0. The Bertz CT molecular complexity index is 544. The summed E-state index contributed by atoms with van der Waals surface area (Å²) < 4.78 is 5.98. The molecule has 1 aliphatic carbocycles. The Labute approximate surface area is 181 Å². The van der Waals surface area contributed by atoms with Crippen LogP contribution in [0.1, 0.15) is 51.5 Å². The van der Waals surface area contributed by atoms with Crippen LogP contribution in [0.2, 0.25) is 0 Å². The van der Waals surface area contributed by atoms with E-state index in [1.54, 1.807) is 0 Å². The van der Waals surface area contributed by atoms with Crippen LogP contribution in [0.5, 0.6) is 5.75 Å². The number of para-hydroxylation sites is 1. The lowest BCUT2D eigenvalue weighted by atomic mass is 10.0. The van der Waals surface area contributed by atoms with Gasteiger partial charge in [0.15, 0.2) is 5.96 Å². The molecule has 0 aromatic heterocycles. The summed E-state index contributed by atoms with van der Waals surface area (Å²) in [5.74, 6) is 2.99. The topological polar surface area (TPSA) is 65.9 Å². The van der Waals surface area contributed by atoms with Gasteiger partial charge in [-0.3, -0.25) is 0 Å². The SMILES string of the molecule is CCCC(CCO)CNC(=NCc1ccccc1OCC1CC1)NCC.I. The first-order valence-corrected chi connectivity index (χ1v) is 10.1. The number of nitrogens with one attached hydrogen (secondary N) is 2. The summed E-state index contributed by atoms with van der Waals surface area (Å²) in [6, 6.07) is 8.17. The second-order valence-corrected chi connectivity index (χ2v) is 7.11. The zero-order valence-corrected chi connectivity index (χ0v) is 19.1. The molecule has 0 heterocycles. The molecule has 3 N–H and O–H groups in total. The van der Waals surface area contributed by atoms with E-state index in [-0.39, 0.29) is 30.6 Å². The highest BCUT2D eigenvalue weighted by atomic mass is 127. The standard InChI is InChI=1S/C21H35N3O2.HI/c1-3-7-17(12-13-25)14-23-21(22-4-2)24-15-19-8-5-6-9-20(19)26-16-18-10-11-18;/h5-6,8-9,17-18,25H,3-4,7,10-16H2,1-2H3,(H2,22,23,24);1H. The van der Waals surface area contributed by atoms with Crippen molar-refractivity contribution in [1.82, 2.24) is 10.6 Å². The number of hydrogen-bond acceptors (Lipinski definition) is 3. The molecule has 1 fully saturated rings. The van der Waals surface area contributed by atoms with Crippen molar-refractivity contribution in [3.63, 3.8) is 0 Å². The molecule has 0 saturated heterocycles. The van der Waals surface area contributed by atoms with E-state index in [0.29, 0.717) is 12.5 Å². The largest absolute Gasteiger partial charge is 0.493 e. The number of hydrogen-bond donors (Lipinski definition) is 3. The Morgan fingerprint density at radius 3 is 2.67 bits per heavy atom. The monoisotopic (exact) mass is 489 g/mol. The summed E-state index contributed by atoms with van der Waals surface area (Å²) in [6.45, 7) is 7.56. The van der Waals surface area contributed by atoms with E-state index in [1.807, 2.05) is 18.2 Å². The minimum atomic E-state index is 0. The molecule has 0 aliphatic heterocycles. The van der Waals surface area contributed by atoms with E-state index >= 15 is 0 Å². The molecule has 0 spiro atoms. The lowest BCUT2D eigenvalue weighted by Gasteiger charge is -2.18. The van der Waals surface area contributed by atoms with Gasteiger partial charge in [0.1, 0.15) is 5.75 Å². The summed E-state index contributed by atoms with van der Waals surface area (Å²) >= 11 is 0. The van der Waals surface area contributed by atoms with Crippen molar-refractivity contribution in [2.24, 2.45) is 16.8 Å². The van der Waals surface area contributed by atoms with Crippen LogP contribution in [0.3, 0.4) is 0 Å². The molecule has 1 saturated carbocycles. The van der Waals surface area contributed by atoms with Crippen LogP contribution >= 0.6 is 24.0 Å². The van der Waals surface area contributed by atoms with Crippen molar-refractivity contribution in [1.29, 1.82) is 0 Å². The summed E-state index contributed by atoms with van der Waals surface area (Å²) in [5, 5.41) is 16.0. The Kier molecular flexibility index (Phi) is 12.5. The molecule has 1 aliphatic rings. The molecule has 5 nitrogen and oxygen atoms in total. The van der Waals surface area contributed by atoms with Gasteiger partial charge in [-0.1, -0.05) is 31.5 Å².